The van der Waals surface area contributed by atoms with Crippen LogP contribution in [-0.2, 0) is 0 Å². The van der Waals surface area contributed by atoms with Gasteiger partial charge in [-0.15, -0.1) is 0 Å². The number of benzene rings is 1. The second-order valence-electron chi connectivity index (χ2n) is 3.09. The smallest absolute Gasteiger partial charge is 0.163 e. The molecule has 0 N–H and O–H groups in total. The van der Waals surface area contributed by atoms with Crippen LogP contribution in [0.15, 0.2) is 12.1 Å². The van der Waals surface area contributed by atoms with Crippen molar-refractivity contribution >= 4 is 28.4 Å². The van der Waals surface area contributed by atoms with Crippen LogP contribution >= 0.6 is 22.6 Å². The van der Waals surface area contributed by atoms with Gasteiger partial charge in [0.2, 0.25) is 0 Å². The minimum Gasteiger partial charge on any atom is -0.493 e. The SMILES string of the molecule is CCOc1cc(I)c(C)cc1C(C)=O. The van der Waals surface area contributed by atoms with Crippen molar-refractivity contribution in [3.8, 4) is 5.75 Å². The molecule has 0 saturated carbocycles. The Morgan fingerprint density at radius 1 is 1.50 bits per heavy atom. The highest BCUT2D eigenvalue weighted by Gasteiger charge is 2.10. The first-order valence-corrected chi connectivity index (χ1v) is 5.58. The summed E-state index contributed by atoms with van der Waals surface area (Å²) in [6.45, 7) is 6.05. The van der Waals surface area contributed by atoms with Crippen LogP contribution in [0.4, 0.5) is 0 Å². The fraction of sp³-hybridized carbons (Fsp3) is 0.364. The molecule has 0 saturated heterocycles. The molecule has 3 heteroatoms. The molecule has 0 heterocycles. The van der Waals surface area contributed by atoms with Crippen LogP contribution in [0.5, 0.6) is 5.75 Å². The van der Waals surface area contributed by atoms with Crippen molar-refractivity contribution in [1.82, 2.24) is 0 Å². The summed E-state index contributed by atoms with van der Waals surface area (Å²) in [7, 11) is 0. The number of rotatable bonds is 3. The molecule has 0 amide bonds. The van der Waals surface area contributed by atoms with Crippen molar-refractivity contribution in [1.29, 1.82) is 0 Å². The normalized spacial score (nSPS) is 10.0. The van der Waals surface area contributed by atoms with Gasteiger partial charge in [-0.05, 0) is 61.1 Å². The zero-order chi connectivity index (χ0) is 10.7. The molecule has 0 radical (unpaired) electrons. The van der Waals surface area contributed by atoms with Crippen molar-refractivity contribution in [2.45, 2.75) is 20.8 Å². The van der Waals surface area contributed by atoms with E-state index < -0.39 is 0 Å². The van der Waals surface area contributed by atoms with Crippen molar-refractivity contribution < 1.29 is 9.53 Å². The highest BCUT2D eigenvalue weighted by molar-refractivity contribution is 14.1. The molecule has 1 aromatic rings. The number of aryl methyl sites for hydroxylation is 1. The molecule has 0 aliphatic rings. The van der Waals surface area contributed by atoms with E-state index in [9.17, 15) is 4.79 Å². The second-order valence-corrected chi connectivity index (χ2v) is 4.25. The van der Waals surface area contributed by atoms with E-state index in [0.717, 1.165) is 9.13 Å². The Hall–Kier alpha value is -0.580. The quantitative estimate of drug-likeness (QED) is 0.633. The summed E-state index contributed by atoms with van der Waals surface area (Å²) >= 11 is 2.24. The van der Waals surface area contributed by atoms with Gasteiger partial charge in [-0.1, -0.05) is 0 Å². The molecule has 2 nitrogen and oxygen atoms in total. The lowest BCUT2D eigenvalue weighted by Crippen LogP contribution is -2.02. The van der Waals surface area contributed by atoms with E-state index in [0.29, 0.717) is 17.9 Å². The second kappa shape index (κ2) is 4.77. The molecular weight excluding hydrogens is 291 g/mol. The van der Waals surface area contributed by atoms with E-state index in [1.54, 1.807) is 6.92 Å². The summed E-state index contributed by atoms with van der Waals surface area (Å²) in [6.07, 6.45) is 0. The van der Waals surface area contributed by atoms with Gasteiger partial charge in [-0.25, -0.2) is 0 Å². The van der Waals surface area contributed by atoms with E-state index in [1.165, 1.54) is 0 Å². The third-order valence-corrected chi connectivity index (χ3v) is 3.10. The highest BCUT2D eigenvalue weighted by Crippen LogP contribution is 2.25. The molecule has 0 bridgehead atoms. The molecule has 1 aromatic carbocycles. The van der Waals surface area contributed by atoms with Gasteiger partial charge in [-0.2, -0.15) is 0 Å². The molecule has 0 aliphatic heterocycles. The Kier molecular flexibility index (Phi) is 3.92. The molecule has 0 aromatic heterocycles. The van der Waals surface area contributed by atoms with Gasteiger partial charge in [0.25, 0.3) is 0 Å². The summed E-state index contributed by atoms with van der Waals surface area (Å²) in [5, 5.41) is 0. The first-order valence-electron chi connectivity index (χ1n) is 4.50. The minimum atomic E-state index is 0.0490. The predicted molar refractivity (Wildman–Crippen MR) is 65.1 cm³/mol. The zero-order valence-electron chi connectivity index (χ0n) is 8.56. The van der Waals surface area contributed by atoms with Gasteiger partial charge in [-0.3, -0.25) is 4.79 Å². The molecule has 0 unspecified atom stereocenters. The monoisotopic (exact) mass is 304 g/mol. The predicted octanol–water partition coefficient (Wildman–Crippen LogP) is 3.20. The number of ether oxygens (including phenoxy) is 1. The first-order chi connectivity index (χ1) is 6.56. The fourth-order valence-electron chi connectivity index (χ4n) is 1.21. The lowest BCUT2D eigenvalue weighted by atomic mass is 10.1. The largest absolute Gasteiger partial charge is 0.493 e. The fourth-order valence-corrected chi connectivity index (χ4v) is 1.65. The Morgan fingerprint density at radius 2 is 2.14 bits per heavy atom. The zero-order valence-corrected chi connectivity index (χ0v) is 10.7. The van der Waals surface area contributed by atoms with Crippen LogP contribution in [0.25, 0.3) is 0 Å². The van der Waals surface area contributed by atoms with Crippen LogP contribution in [0.2, 0.25) is 0 Å². The summed E-state index contributed by atoms with van der Waals surface area (Å²) in [5.41, 5.74) is 1.78. The van der Waals surface area contributed by atoms with Crippen molar-refractivity contribution in [2.75, 3.05) is 6.61 Å². The maximum absolute atomic E-state index is 11.3. The van der Waals surface area contributed by atoms with Gasteiger partial charge in [0, 0.05) is 3.57 Å². The topological polar surface area (TPSA) is 26.3 Å². The minimum absolute atomic E-state index is 0.0490. The van der Waals surface area contributed by atoms with Crippen LogP contribution in [0.1, 0.15) is 29.8 Å². The Labute approximate surface area is 97.8 Å². The molecule has 0 fully saturated rings. The molecular formula is C11H13IO2. The molecule has 14 heavy (non-hydrogen) atoms. The van der Waals surface area contributed by atoms with E-state index in [1.807, 2.05) is 26.0 Å². The standard InChI is InChI=1S/C11H13IO2/c1-4-14-11-6-10(12)7(2)5-9(11)8(3)13/h5-6H,4H2,1-3H3. The van der Waals surface area contributed by atoms with Crippen molar-refractivity contribution in [3.05, 3.63) is 26.8 Å². The number of carbonyl (C=O) groups excluding carboxylic acids is 1. The van der Waals surface area contributed by atoms with Gasteiger partial charge in [0.15, 0.2) is 5.78 Å². The van der Waals surface area contributed by atoms with E-state index in [2.05, 4.69) is 22.6 Å². The van der Waals surface area contributed by atoms with E-state index in [4.69, 9.17) is 4.74 Å². The number of Topliss-reactive ketones (excluding diaryl/α,β-unsaturated/α-hetero) is 1. The molecule has 0 atom stereocenters. The Balaban J connectivity index is 3.24. The average Bonchev–Trinajstić information content (AvgIpc) is 2.11. The summed E-state index contributed by atoms with van der Waals surface area (Å²) in [6, 6.07) is 3.80. The number of hydrogen-bond donors (Lipinski definition) is 0. The van der Waals surface area contributed by atoms with Gasteiger partial charge in [0.05, 0.1) is 12.2 Å². The van der Waals surface area contributed by atoms with Crippen LogP contribution in [-0.4, -0.2) is 12.4 Å². The number of halogens is 1. The van der Waals surface area contributed by atoms with Crippen LogP contribution in [0, 0.1) is 10.5 Å². The summed E-state index contributed by atoms with van der Waals surface area (Å²) in [4.78, 5) is 11.3. The number of carbonyl (C=O) groups is 1. The lowest BCUT2D eigenvalue weighted by Gasteiger charge is -2.10. The molecule has 0 aliphatic carbocycles. The molecule has 0 spiro atoms. The van der Waals surface area contributed by atoms with Crippen LogP contribution in [0.3, 0.4) is 0 Å². The van der Waals surface area contributed by atoms with Gasteiger partial charge in [0.1, 0.15) is 5.75 Å². The third kappa shape index (κ3) is 2.47. The highest BCUT2D eigenvalue weighted by atomic mass is 127. The van der Waals surface area contributed by atoms with E-state index >= 15 is 0 Å². The van der Waals surface area contributed by atoms with E-state index in [-0.39, 0.29) is 5.78 Å². The van der Waals surface area contributed by atoms with Gasteiger partial charge >= 0.3 is 0 Å². The van der Waals surface area contributed by atoms with Crippen molar-refractivity contribution in [2.24, 2.45) is 0 Å². The first kappa shape index (κ1) is 11.5. The number of ketones is 1. The summed E-state index contributed by atoms with van der Waals surface area (Å²) < 4.78 is 6.53. The molecule has 76 valence electrons. The maximum Gasteiger partial charge on any atom is 0.163 e. The third-order valence-electron chi connectivity index (χ3n) is 1.94. The Bertz CT molecular complexity index is 359. The lowest BCUT2D eigenvalue weighted by molar-refractivity contribution is 0.101. The average molecular weight is 304 g/mol. The van der Waals surface area contributed by atoms with Gasteiger partial charge < -0.3 is 4.74 Å². The molecule has 1 rings (SSSR count). The van der Waals surface area contributed by atoms with Crippen molar-refractivity contribution in [3.63, 3.8) is 0 Å². The van der Waals surface area contributed by atoms with Crippen LogP contribution < -0.4 is 4.74 Å². The maximum atomic E-state index is 11.3. The number of hydrogen-bond acceptors (Lipinski definition) is 2. The summed E-state index contributed by atoms with van der Waals surface area (Å²) in [5.74, 6) is 0.739. The Morgan fingerprint density at radius 3 is 2.64 bits per heavy atom.